The Labute approximate surface area is 119 Å². The molecule has 1 aromatic carbocycles. The molecular weight excluding hydrogens is 259 g/mol. The maximum absolute atomic E-state index is 12.9. The fourth-order valence-electron chi connectivity index (χ4n) is 2.91. The first kappa shape index (κ1) is 14.0. The van der Waals surface area contributed by atoms with Crippen LogP contribution in [0.5, 0.6) is 0 Å². The fraction of sp³-hybridized carbons (Fsp3) is 0.625. The molecule has 2 heterocycles. The molecule has 2 fully saturated rings. The van der Waals surface area contributed by atoms with E-state index in [0.29, 0.717) is 13.2 Å². The Morgan fingerprint density at radius 2 is 1.80 bits per heavy atom. The second-order valence-electron chi connectivity index (χ2n) is 6.20. The Balaban J connectivity index is 1.65. The maximum atomic E-state index is 12.9. The van der Waals surface area contributed by atoms with Crippen LogP contribution in [0.2, 0.25) is 0 Å². The molecule has 0 saturated carbocycles. The lowest BCUT2D eigenvalue weighted by Crippen LogP contribution is -2.44. The molecule has 2 aliphatic rings. The third kappa shape index (κ3) is 2.48. The van der Waals surface area contributed by atoms with Crippen molar-refractivity contribution in [3.05, 3.63) is 35.6 Å². The number of hydrogen-bond donors (Lipinski definition) is 0. The van der Waals surface area contributed by atoms with Gasteiger partial charge in [0.05, 0.1) is 19.8 Å². The number of rotatable bonds is 5. The Morgan fingerprint density at radius 1 is 1.20 bits per heavy atom. The number of ether oxygens (including phenoxy) is 3. The molecule has 0 spiro atoms. The summed E-state index contributed by atoms with van der Waals surface area (Å²) < 4.78 is 30.0. The molecule has 4 heteroatoms. The molecule has 20 heavy (non-hydrogen) atoms. The van der Waals surface area contributed by atoms with Gasteiger partial charge in [-0.15, -0.1) is 0 Å². The summed E-state index contributed by atoms with van der Waals surface area (Å²) in [5.74, 6) is -0.195. The zero-order valence-electron chi connectivity index (χ0n) is 12.0. The van der Waals surface area contributed by atoms with Crippen LogP contribution in [0.1, 0.15) is 25.8 Å². The van der Waals surface area contributed by atoms with Gasteiger partial charge in [0.15, 0.2) is 6.29 Å². The van der Waals surface area contributed by atoms with Crippen molar-refractivity contribution in [2.45, 2.75) is 38.6 Å². The highest BCUT2D eigenvalue weighted by Crippen LogP contribution is 2.51. The van der Waals surface area contributed by atoms with Crippen molar-refractivity contribution in [2.75, 3.05) is 19.8 Å². The van der Waals surface area contributed by atoms with Crippen LogP contribution in [0.15, 0.2) is 24.3 Å². The molecule has 0 amide bonds. The molecule has 110 valence electrons. The van der Waals surface area contributed by atoms with Crippen molar-refractivity contribution in [1.29, 1.82) is 0 Å². The van der Waals surface area contributed by atoms with E-state index in [-0.39, 0.29) is 23.1 Å². The average Bonchev–Trinajstić information content (AvgIpc) is 3.03. The third-order valence-electron chi connectivity index (χ3n) is 4.61. The van der Waals surface area contributed by atoms with Gasteiger partial charge in [-0.3, -0.25) is 0 Å². The SMILES string of the molecule is CC(C)(C1OCCO1)C1(CCc2ccc(F)cc2)CO1. The smallest absolute Gasteiger partial charge is 0.165 e. The van der Waals surface area contributed by atoms with Crippen LogP contribution < -0.4 is 0 Å². The molecule has 0 aliphatic carbocycles. The van der Waals surface area contributed by atoms with E-state index in [0.717, 1.165) is 25.0 Å². The first-order valence-corrected chi connectivity index (χ1v) is 7.15. The molecule has 1 unspecified atom stereocenters. The maximum Gasteiger partial charge on any atom is 0.165 e. The van der Waals surface area contributed by atoms with Gasteiger partial charge in [-0.25, -0.2) is 4.39 Å². The monoisotopic (exact) mass is 280 g/mol. The van der Waals surface area contributed by atoms with Gasteiger partial charge in [-0.05, 0) is 30.5 Å². The molecule has 1 atom stereocenters. The number of halogens is 1. The van der Waals surface area contributed by atoms with Crippen LogP contribution in [0.3, 0.4) is 0 Å². The molecule has 0 radical (unpaired) electrons. The summed E-state index contributed by atoms with van der Waals surface area (Å²) >= 11 is 0. The molecule has 0 bridgehead atoms. The molecule has 0 aromatic heterocycles. The van der Waals surface area contributed by atoms with Crippen LogP contribution in [0, 0.1) is 11.2 Å². The van der Waals surface area contributed by atoms with E-state index in [1.807, 2.05) is 12.1 Å². The quantitative estimate of drug-likeness (QED) is 0.777. The van der Waals surface area contributed by atoms with Crippen molar-refractivity contribution in [3.63, 3.8) is 0 Å². The molecule has 3 rings (SSSR count). The standard InChI is InChI=1S/C16H21FO3/c1-15(2,14-18-9-10-19-14)16(11-20-16)8-7-12-3-5-13(17)6-4-12/h3-6,14H,7-11H2,1-2H3. The van der Waals surface area contributed by atoms with Gasteiger partial charge < -0.3 is 14.2 Å². The normalized spacial score (nSPS) is 26.9. The second-order valence-corrected chi connectivity index (χ2v) is 6.20. The van der Waals surface area contributed by atoms with Gasteiger partial charge in [-0.1, -0.05) is 26.0 Å². The van der Waals surface area contributed by atoms with Crippen LogP contribution in [-0.4, -0.2) is 31.7 Å². The van der Waals surface area contributed by atoms with Crippen LogP contribution in [-0.2, 0) is 20.6 Å². The molecule has 2 aliphatic heterocycles. The van der Waals surface area contributed by atoms with Crippen LogP contribution >= 0.6 is 0 Å². The highest BCUT2D eigenvalue weighted by molar-refractivity contribution is 5.18. The lowest BCUT2D eigenvalue weighted by atomic mass is 9.75. The summed E-state index contributed by atoms with van der Waals surface area (Å²) in [6, 6.07) is 6.68. The number of aryl methyl sites for hydroxylation is 1. The summed E-state index contributed by atoms with van der Waals surface area (Å²) in [5, 5.41) is 0. The molecule has 3 nitrogen and oxygen atoms in total. The fourth-order valence-corrected chi connectivity index (χ4v) is 2.91. The number of hydrogen-bond acceptors (Lipinski definition) is 3. The van der Waals surface area contributed by atoms with Gasteiger partial charge >= 0.3 is 0 Å². The van der Waals surface area contributed by atoms with Gasteiger partial charge in [0.25, 0.3) is 0 Å². The van der Waals surface area contributed by atoms with E-state index < -0.39 is 0 Å². The molecule has 0 N–H and O–H groups in total. The van der Waals surface area contributed by atoms with E-state index in [1.165, 1.54) is 12.1 Å². The van der Waals surface area contributed by atoms with Crippen LogP contribution in [0.25, 0.3) is 0 Å². The minimum Gasteiger partial charge on any atom is -0.369 e. The third-order valence-corrected chi connectivity index (χ3v) is 4.61. The van der Waals surface area contributed by atoms with Crippen molar-refractivity contribution in [2.24, 2.45) is 5.41 Å². The summed E-state index contributed by atoms with van der Waals surface area (Å²) in [7, 11) is 0. The van der Waals surface area contributed by atoms with Crippen LogP contribution in [0.4, 0.5) is 4.39 Å². The van der Waals surface area contributed by atoms with Gasteiger partial charge in [0, 0.05) is 5.41 Å². The zero-order valence-corrected chi connectivity index (χ0v) is 12.0. The van der Waals surface area contributed by atoms with E-state index in [2.05, 4.69) is 13.8 Å². The molecular formula is C16H21FO3. The minimum absolute atomic E-state index is 0.177. The van der Waals surface area contributed by atoms with E-state index in [9.17, 15) is 4.39 Å². The first-order chi connectivity index (χ1) is 9.53. The van der Waals surface area contributed by atoms with Gasteiger partial charge in [-0.2, -0.15) is 0 Å². The molecule has 1 aromatic rings. The summed E-state index contributed by atoms with van der Waals surface area (Å²) in [5.41, 5.74) is 0.769. The van der Waals surface area contributed by atoms with Crippen molar-refractivity contribution >= 4 is 0 Å². The Kier molecular flexibility index (Phi) is 3.56. The first-order valence-electron chi connectivity index (χ1n) is 7.15. The lowest BCUT2D eigenvalue weighted by Gasteiger charge is -2.35. The van der Waals surface area contributed by atoms with Crippen molar-refractivity contribution in [1.82, 2.24) is 0 Å². The number of benzene rings is 1. The predicted octanol–water partition coefficient (Wildman–Crippen LogP) is 2.93. The topological polar surface area (TPSA) is 31.0 Å². The summed E-state index contributed by atoms with van der Waals surface area (Å²) in [4.78, 5) is 0. The van der Waals surface area contributed by atoms with Gasteiger partial charge in [0.1, 0.15) is 11.4 Å². The largest absolute Gasteiger partial charge is 0.369 e. The summed E-state index contributed by atoms with van der Waals surface area (Å²) in [6.07, 6.45) is 1.57. The van der Waals surface area contributed by atoms with Gasteiger partial charge in [0.2, 0.25) is 0 Å². The van der Waals surface area contributed by atoms with E-state index in [4.69, 9.17) is 14.2 Å². The van der Waals surface area contributed by atoms with E-state index in [1.54, 1.807) is 0 Å². The van der Waals surface area contributed by atoms with Crippen molar-refractivity contribution in [3.8, 4) is 0 Å². The average molecular weight is 280 g/mol. The lowest BCUT2D eigenvalue weighted by molar-refractivity contribution is -0.147. The second kappa shape index (κ2) is 5.10. The highest BCUT2D eigenvalue weighted by atomic mass is 19.1. The summed E-state index contributed by atoms with van der Waals surface area (Å²) in [6.45, 7) is 6.33. The Bertz CT molecular complexity index is 459. The Morgan fingerprint density at radius 3 is 2.35 bits per heavy atom. The van der Waals surface area contributed by atoms with Crippen molar-refractivity contribution < 1.29 is 18.6 Å². The predicted molar refractivity (Wildman–Crippen MR) is 72.9 cm³/mol. The molecule has 2 saturated heterocycles. The number of epoxide rings is 1. The minimum atomic E-state index is -0.196. The van der Waals surface area contributed by atoms with E-state index >= 15 is 0 Å². The zero-order chi connectivity index (χ0) is 14.2. The highest BCUT2D eigenvalue weighted by Gasteiger charge is 2.60. The Hall–Kier alpha value is -0.970.